The van der Waals surface area contributed by atoms with Gasteiger partial charge < -0.3 is 5.11 Å². The van der Waals surface area contributed by atoms with Crippen LogP contribution in [0.25, 0.3) is 12.2 Å². The van der Waals surface area contributed by atoms with Crippen molar-refractivity contribution >= 4 is 34.1 Å². The molecule has 2 aromatic rings. The number of carbonyl (C=O) groups is 1. The summed E-state index contributed by atoms with van der Waals surface area (Å²) in [6.45, 7) is 0.851. The summed E-state index contributed by atoms with van der Waals surface area (Å²) in [5.74, 6) is -0.724. The lowest BCUT2D eigenvalue weighted by atomic mass is 10.1. The highest BCUT2D eigenvalue weighted by molar-refractivity contribution is 9.10. The van der Waals surface area contributed by atoms with E-state index in [-0.39, 0.29) is 6.42 Å². The Bertz CT molecular complexity index is 633. The van der Waals surface area contributed by atoms with Crippen LogP contribution in [-0.4, -0.2) is 11.1 Å². The van der Waals surface area contributed by atoms with Crippen molar-refractivity contribution in [1.82, 2.24) is 0 Å². The second-order valence-electron chi connectivity index (χ2n) is 5.11. The van der Waals surface area contributed by atoms with E-state index in [1.165, 1.54) is 0 Å². The molecule has 0 radical (unpaired) electrons. The topological polar surface area (TPSA) is 41.2 Å². The Hall–Kier alpha value is -1.94. The van der Waals surface area contributed by atoms with Crippen molar-refractivity contribution in [3.63, 3.8) is 0 Å². The summed E-state index contributed by atoms with van der Waals surface area (Å²) in [5.41, 5.74) is 2.30. The molecule has 0 amide bonds. The number of carboxylic acids is 1. The highest BCUT2D eigenvalue weighted by Crippen LogP contribution is 2.12. The second kappa shape index (κ2) is 8.49. The number of aryl methyl sites for hydroxylation is 1. The standard InChI is InChI=1S/C18H18BrNO2/c19-17-8-6-15(7-9-17)4-5-16-10-13-20(14-11-16)12-2-1-3-18(21)22/h4-11,13-14H,1-3,12H2/p+1/b5-4-. The average molecular weight is 361 g/mol. The molecule has 22 heavy (non-hydrogen) atoms. The van der Waals surface area contributed by atoms with E-state index in [0.29, 0.717) is 6.42 Å². The Labute approximate surface area is 139 Å². The molecule has 3 nitrogen and oxygen atoms in total. The fourth-order valence-corrected chi connectivity index (χ4v) is 2.33. The van der Waals surface area contributed by atoms with Crippen LogP contribution < -0.4 is 4.57 Å². The van der Waals surface area contributed by atoms with E-state index in [9.17, 15) is 4.79 Å². The Balaban J connectivity index is 1.86. The lowest BCUT2D eigenvalue weighted by Crippen LogP contribution is -2.32. The van der Waals surface area contributed by atoms with Gasteiger partial charge in [0, 0.05) is 29.4 Å². The van der Waals surface area contributed by atoms with Crippen molar-refractivity contribution in [2.75, 3.05) is 0 Å². The molecule has 2 rings (SSSR count). The molecule has 114 valence electrons. The monoisotopic (exact) mass is 360 g/mol. The van der Waals surface area contributed by atoms with Gasteiger partial charge in [-0.2, -0.15) is 0 Å². The number of aliphatic carboxylic acids is 1. The van der Waals surface area contributed by atoms with Crippen LogP contribution in [0.1, 0.15) is 30.4 Å². The molecule has 1 heterocycles. The molecule has 0 bridgehead atoms. The van der Waals surface area contributed by atoms with Crippen LogP contribution in [-0.2, 0) is 11.3 Å². The molecule has 0 aliphatic rings. The molecule has 4 heteroatoms. The first-order valence-corrected chi connectivity index (χ1v) is 8.07. The number of hydrogen-bond acceptors (Lipinski definition) is 1. The van der Waals surface area contributed by atoms with Gasteiger partial charge in [0.1, 0.15) is 6.54 Å². The molecule has 0 saturated carbocycles. The van der Waals surface area contributed by atoms with Crippen molar-refractivity contribution in [3.05, 3.63) is 64.4 Å². The molecular formula is C18H19BrNO2+. The van der Waals surface area contributed by atoms with Gasteiger partial charge in [-0.25, -0.2) is 4.57 Å². The first-order chi connectivity index (χ1) is 10.6. The number of nitrogens with zero attached hydrogens (tertiary/aromatic N) is 1. The summed E-state index contributed by atoms with van der Waals surface area (Å²) in [6, 6.07) is 12.3. The Morgan fingerprint density at radius 3 is 2.18 bits per heavy atom. The van der Waals surface area contributed by atoms with Crippen molar-refractivity contribution in [2.24, 2.45) is 0 Å². The van der Waals surface area contributed by atoms with Crippen molar-refractivity contribution in [2.45, 2.75) is 25.8 Å². The first kappa shape index (κ1) is 16.4. The molecular weight excluding hydrogens is 342 g/mol. The maximum Gasteiger partial charge on any atom is 0.303 e. The quantitative estimate of drug-likeness (QED) is 0.594. The van der Waals surface area contributed by atoms with Crippen LogP contribution in [0.3, 0.4) is 0 Å². The molecule has 0 spiro atoms. The van der Waals surface area contributed by atoms with Crippen LogP contribution in [0.2, 0.25) is 0 Å². The summed E-state index contributed by atoms with van der Waals surface area (Å²) in [6.07, 6.45) is 10.1. The largest absolute Gasteiger partial charge is 0.481 e. The van der Waals surface area contributed by atoms with Gasteiger partial charge >= 0.3 is 5.97 Å². The van der Waals surface area contributed by atoms with Gasteiger partial charge in [0.2, 0.25) is 0 Å². The summed E-state index contributed by atoms with van der Waals surface area (Å²) < 4.78 is 3.16. The molecule has 1 N–H and O–H groups in total. The Morgan fingerprint density at radius 1 is 1.00 bits per heavy atom. The summed E-state index contributed by atoms with van der Waals surface area (Å²) in [4.78, 5) is 10.4. The fraction of sp³-hybridized carbons (Fsp3) is 0.222. The minimum absolute atomic E-state index is 0.245. The second-order valence-corrected chi connectivity index (χ2v) is 6.02. The minimum atomic E-state index is -0.724. The number of aromatic nitrogens is 1. The number of carboxylic acid groups (broad SMARTS) is 1. The van der Waals surface area contributed by atoms with Crippen molar-refractivity contribution in [3.8, 4) is 0 Å². The highest BCUT2D eigenvalue weighted by atomic mass is 79.9. The zero-order chi connectivity index (χ0) is 15.8. The number of halogens is 1. The van der Waals surface area contributed by atoms with E-state index < -0.39 is 5.97 Å². The third-order valence-corrected chi connectivity index (χ3v) is 3.84. The SMILES string of the molecule is O=C(O)CCCC[n+]1ccc(/C=C\c2ccc(Br)cc2)cc1. The van der Waals surface area contributed by atoms with Gasteiger partial charge in [-0.3, -0.25) is 4.79 Å². The fourth-order valence-electron chi connectivity index (χ4n) is 2.07. The predicted molar refractivity (Wildman–Crippen MR) is 91.2 cm³/mol. The number of pyridine rings is 1. The lowest BCUT2D eigenvalue weighted by Gasteiger charge is -1.98. The maximum absolute atomic E-state index is 10.4. The number of rotatable bonds is 7. The molecule has 0 fully saturated rings. The third-order valence-electron chi connectivity index (χ3n) is 3.31. The van der Waals surface area contributed by atoms with Gasteiger partial charge in [-0.05, 0) is 29.7 Å². The van der Waals surface area contributed by atoms with Gasteiger partial charge in [0.25, 0.3) is 0 Å². The van der Waals surface area contributed by atoms with Gasteiger partial charge in [-0.1, -0.05) is 40.2 Å². The summed E-state index contributed by atoms with van der Waals surface area (Å²) in [7, 11) is 0. The predicted octanol–water partition coefficient (Wildman–Crippen LogP) is 4.16. The first-order valence-electron chi connectivity index (χ1n) is 7.28. The average Bonchev–Trinajstić information content (AvgIpc) is 2.52. The number of hydrogen-bond donors (Lipinski definition) is 1. The van der Waals surface area contributed by atoms with Crippen molar-refractivity contribution in [1.29, 1.82) is 0 Å². The van der Waals surface area contributed by atoms with E-state index in [1.807, 2.05) is 24.5 Å². The number of benzene rings is 1. The zero-order valence-corrected chi connectivity index (χ0v) is 13.9. The number of unbranched alkanes of at least 4 members (excludes halogenated alkanes) is 1. The molecule has 0 aliphatic heterocycles. The molecule has 1 aromatic heterocycles. The van der Waals surface area contributed by atoms with E-state index in [0.717, 1.165) is 28.6 Å². The van der Waals surface area contributed by atoms with Crippen LogP contribution in [0, 0.1) is 0 Å². The van der Waals surface area contributed by atoms with Gasteiger partial charge in [0.15, 0.2) is 12.4 Å². The van der Waals surface area contributed by atoms with E-state index >= 15 is 0 Å². The molecule has 0 unspecified atom stereocenters. The normalized spacial score (nSPS) is 11.0. The smallest absolute Gasteiger partial charge is 0.303 e. The van der Waals surface area contributed by atoms with E-state index in [2.05, 4.69) is 56.9 Å². The van der Waals surface area contributed by atoms with Crippen LogP contribution in [0.5, 0.6) is 0 Å². The Morgan fingerprint density at radius 2 is 1.59 bits per heavy atom. The minimum Gasteiger partial charge on any atom is -0.481 e. The molecule has 0 aliphatic carbocycles. The van der Waals surface area contributed by atoms with Gasteiger partial charge in [-0.15, -0.1) is 0 Å². The highest BCUT2D eigenvalue weighted by Gasteiger charge is 2.02. The van der Waals surface area contributed by atoms with Crippen molar-refractivity contribution < 1.29 is 14.5 Å². The maximum atomic E-state index is 10.4. The molecule has 0 saturated heterocycles. The Kier molecular flexibility index (Phi) is 6.34. The summed E-state index contributed by atoms with van der Waals surface area (Å²) in [5, 5.41) is 8.60. The summed E-state index contributed by atoms with van der Waals surface area (Å²) >= 11 is 3.42. The van der Waals surface area contributed by atoms with E-state index in [4.69, 9.17) is 5.11 Å². The molecule has 0 atom stereocenters. The van der Waals surface area contributed by atoms with Crippen LogP contribution >= 0.6 is 15.9 Å². The van der Waals surface area contributed by atoms with Crippen LogP contribution in [0.4, 0.5) is 0 Å². The van der Waals surface area contributed by atoms with Crippen LogP contribution in [0.15, 0.2) is 53.3 Å². The third kappa shape index (κ3) is 5.82. The van der Waals surface area contributed by atoms with E-state index in [1.54, 1.807) is 0 Å². The van der Waals surface area contributed by atoms with Gasteiger partial charge in [0.05, 0.1) is 0 Å². The lowest BCUT2D eigenvalue weighted by molar-refractivity contribution is -0.697. The zero-order valence-electron chi connectivity index (χ0n) is 12.3. The molecule has 1 aromatic carbocycles.